The number of aryl methyl sites for hydroxylation is 1. The Bertz CT molecular complexity index is 715. The first-order valence-electron chi connectivity index (χ1n) is 5.96. The van der Waals surface area contributed by atoms with Crippen LogP contribution in [0, 0.1) is 6.92 Å². The molecule has 4 heteroatoms. The van der Waals surface area contributed by atoms with Crippen LogP contribution in [0.4, 0.5) is 5.82 Å². The summed E-state index contributed by atoms with van der Waals surface area (Å²) in [6.45, 7) is 1.90. The lowest BCUT2D eigenvalue weighted by molar-refractivity contribution is 0.103. The van der Waals surface area contributed by atoms with Crippen molar-refractivity contribution in [3.8, 4) is 0 Å². The third-order valence-corrected chi connectivity index (χ3v) is 3.89. The van der Waals surface area contributed by atoms with E-state index in [-0.39, 0.29) is 5.91 Å². The number of carbonyl (C=O) groups is 1. The fraction of sp³-hybridized carbons (Fsp3) is 0.0667. The van der Waals surface area contributed by atoms with Crippen LogP contribution in [0.1, 0.15) is 15.4 Å². The smallest absolute Gasteiger partial charge is 0.266 e. The van der Waals surface area contributed by atoms with Gasteiger partial charge in [-0.3, -0.25) is 4.79 Å². The average Bonchev–Trinajstić information content (AvgIpc) is 2.82. The number of hydrogen-bond acceptors (Lipinski definition) is 3. The van der Waals surface area contributed by atoms with Gasteiger partial charge in [-0.1, -0.05) is 24.3 Å². The summed E-state index contributed by atoms with van der Waals surface area (Å²) in [7, 11) is 0. The van der Waals surface area contributed by atoms with E-state index in [1.807, 2.05) is 49.4 Å². The Morgan fingerprint density at radius 3 is 2.79 bits per heavy atom. The molecule has 0 saturated heterocycles. The maximum absolute atomic E-state index is 12.2. The molecule has 0 radical (unpaired) electrons. The number of carbonyl (C=O) groups excluding carboxylic acids is 1. The molecule has 94 valence electrons. The number of hydrogen-bond donors (Lipinski definition) is 1. The largest absolute Gasteiger partial charge is 0.306 e. The quantitative estimate of drug-likeness (QED) is 0.767. The van der Waals surface area contributed by atoms with Crippen molar-refractivity contribution in [1.29, 1.82) is 0 Å². The van der Waals surface area contributed by atoms with Crippen molar-refractivity contribution in [1.82, 2.24) is 4.98 Å². The number of fused-ring (bicyclic) bond motifs is 1. The summed E-state index contributed by atoms with van der Waals surface area (Å²) in [5.74, 6) is 0.474. The highest BCUT2D eigenvalue weighted by Gasteiger charge is 2.10. The lowest BCUT2D eigenvalue weighted by atomic mass is 10.2. The number of rotatable bonds is 2. The first kappa shape index (κ1) is 11.9. The first-order valence-corrected chi connectivity index (χ1v) is 6.77. The van der Waals surface area contributed by atoms with Gasteiger partial charge in [0.1, 0.15) is 5.82 Å². The molecule has 3 aromatic rings. The molecular formula is C15H12N2OS. The molecule has 2 aromatic heterocycles. The van der Waals surface area contributed by atoms with Crippen molar-refractivity contribution in [2.75, 3.05) is 5.32 Å². The van der Waals surface area contributed by atoms with Gasteiger partial charge < -0.3 is 5.32 Å². The molecule has 0 fully saturated rings. The highest BCUT2D eigenvalue weighted by molar-refractivity contribution is 7.20. The standard InChI is InChI=1S/C15H12N2OS/c1-10-5-4-8-14(16-10)17-15(18)13-9-11-6-2-3-7-12(11)19-13/h2-9H,1H3,(H,16,17,18). The Morgan fingerprint density at radius 1 is 1.16 bits per heavy atom. The summed E-state index contributed by atoms with van der Waals surface area (Å²) in [5, 5.41) is 3.91. The first-order chi connectivity index (χ1) is 9.22. The van der Waals surface area contributed by atoms with Crippen LogP contribution in [-0.4, -0.2) is 10.9 Å². The van der Waals surface area contributed by atoms with Crippen molar-refractivity contribution in [3.63, 3.8) is 0 Å². The Morgan fingerprint density at radius 2 is 2.00 bits per heavy atom. The van der Waals surface area contributed by atoms with Crippen LogP contribution < -0.4 is 5.32 Å². The molecule has 3 rings (SSSR count). The summed E-state index contributed by atoms with van der Waals surface area (Å²) >= 11 is 1.49. The fourth-order valence-electron chi connectivity index (χ4n) is 1.88. The van der Waals surface area contributed by atoms with Gasteiger partial charge in [-0.05, 0) is 36.6 Å². The number of thiophene rings is 1. The number of benzene rings is 1. The highest BCUT2D eigenvalue weighted by atomic mass is 32.1. The minimum Gasteiger partial charge on any atom is -0.306 e. The Hall–Kier alpha value is -2.20. The third-order valence-electron chi connectivity index (χ3n) is 2.78. The molecule has 3 nitrogen and oxygen atoms in total. The van der Waals surface area contributed by atoms with Crippen LogP contribution in [0.2, 0.25) is 0 Å². The number of nitrogens with zero attached hydrogens (tertiary/aromatic N) is 1. The summed E-state index contributed by atoms with van der Waals surface area (Å²) in [6.07, 6.45) is 0. The van der Waals surface area contributed by atoms with E-state index in [0.717, 1.165) is 15.8 Å². The number of aromatic nitrogens is 1. The van der Waals surface area contributed by atoms with E-state index in [1.54, 1.807) is 6.07 Å². The van der Waals surface area contributed by atoms with Gasteiger partial charge in [0.15, 0.2) is 0 Å². The van der Waals surface area contributed by atoms with Gasteiger partial charge in [0.25, 0.3) is 5.91 Å². The van der Waals surface area contributed by atoms with Crippen LogP contribution in [-0.2, 0) is 0 Å². The van der Waals surface area contributed by atoms with Crippen LogP contribution in [0.5, 0.6) is 0 Å². The van der Waals surface area contributed by atoms with Crippen LogP contribution in [0.25, 0.3) is 10.1 Å². The minimum absolute atomic E-state index is 0.112. The van der Waals surface area contributed by atoms with Gasteiger partial charge in [0.05, 0.1) is 4.88 Å². The maximum atomic E-state index is 12.2. The molecule has 0 atom stereocenters. The average molecular weight is 268 g/mol. The monoisotopic (exact) mass is 268 g/mol. The van der Waals surface area contributed by atoms with Crippen molar-refractivity contribution < 1.29 is 4.79 Å². The van der Waals surface area contributed by atoms with E-state index in [1.165, 1.54) is 11.3 Å². The van der Waals surface area contributed by atoms with Crippen LogP contribution in [0.15, 0.2) is 48.5 Å². The molecule has 1 N–H and O–H groups in total. The SMILES string of the molecule is Cc1cccc(NC(=O)c2cc3ccccc3s2)n1. The molecule has 2 heterocycles. The maximum Gasteiger partial charge on any atom is 0.266 e. The highest BCUT2D eigenvalue weighted by Crippen LogP contribution is 2.25. The number of anilines is 1. The number of pyridine rings is 1. The summed E-state index contributed by atoms with van der Waals surface area (Å²) in [5.41, 5.74) is 0.883. The molecule has 0 saturated carbocycles. The second-order valence-corrected chi connectivity index (χ2v) is 5.35. The minimum atomic E-state index is -0.112. The number of amides is 1. The summed E-state index contributed by atoms with van der Waals surface area (Å²) in [4.78, 5) is 17.1. The molecule has 0 aliphatic rings. The Balaban J connectivity index is 1.87. The second-order valence-electron chi connectivity index (χ2n) is 4.27. The van der Waals surface area contributed by atoms with E-state index in [9.17, 15) is 4.79 Å². The fourth-order valence-corrected chi connectivity index (χ4v) is 2.84. The van der Waals surface area contributed by atoms with Crippen molar-refractivity contribution in [3.05, 3.63) is 59.1 Å². The lowest BCUT2D eigenvalue weighted by Crippen LogP contribution is -2.11. The van der Waals surface area contributed by atoms with E-state index >= 15 is 0 Å². The Kier molecular flexibility index (Phi) is 3.01. The Labute approximate surface area is 114 Å². The molecule has 19 heavy (non-hydrogen) atoms. The molecule has 0 spiro atoms. The zero-order valence-electron chi connectivity index (χ0n) is 10.4. The molecule has 0 aliphatic carbocycles. The van der Waals surface area contributed by atoms with Crippen molar-refractivity contribution in [2.45, 2.75) is 6.92 Å². The zero-order chi connectivity index (χ0) is 13.2. The second kappa shape index (κ2) is 4.82. The molecular weight excluding hydrogens is 256 g/mol. The number of nitrogens with one attached hydrogen (secondary N) is 1. The van der Waals surface area contributed by atoms with Crippen molar-refractivity contribution >= 4 is 33.1 Å². The molecule has 0 unspecified atom stereocenters. The van der Waals surface area contributed by atoms with Gasteiger partial charge in [-0.2, -0.15) is 0 Å². The van der Waals surface area contributed by atoms with Gasteiger partial charge >= 0.3 is 0 Å². The lowest BCUT2D eigenvalue weighted by Gasteiger charge is -2.02. The van der Waals surface area contributed by atoms with E-state index in [4.69, 9.17) is 0 Å². The molecule has 1 amide bonds. The van der Waals surface area contributed by atoms with Crippen LogP contribution >= 0.6 is 11.3 Å². The summed E-state index contributed by atoms with van der Waals surface area (Å²) < 4.78 is 1.12. The third kappa shape index (κ3) is 2.48. The van der Waals surface area contributed by atoms with E-state index in [2.05, 4.69) is 10.3 Å². The predicted octanol–water partition coefficient (Wildman–Crippen LogP) is 3.86. The topological polar surface area (TPSA) is 42.0 Å². The van der Waals surface area contributed by atoms with Gasteiger partial charge in [-0.15, -0.1) is 11.3 Å². The summed E-state index contributed by atoms with van der Waals surface area (Å²) in [6, 6.07) is 15.4. The van der Waals surface area contributed by atoms with Gasteiger partial charge in [-0.25, -0.2) is 4.98 Å². The van der Waals surface area contributed by atoms with E-state index in [0.29, 0.717) is 10.7 Å². The molecule has 0 aliphatic heterocycles. The predicted molar refractivity (Wildman–Crippen MR) is 78.8 cm³/mol. The molecule has 0 bridgehead atoms. The van der Waals surface area contributed by atoms with Crippen LogP contribution in [0.3, 0.4) is 0 Å². The van der Waals surface area contributed by atoms with Gasteiger partial charge in [0.2, 0.25) is 0 Å². The zero-order valence-corrected chi connectivity index (χ0v) is 11.2. The normalized spacial score (nSPS) is 10.6. The van der Waals surface area contributed by atoms with Crippen molar-refractivity contribution in [2.24, 2.45) is 0 Å². The molecule has 1 aromatic carbocycles. The van der Waals surface area contributed by atoms with E-state index < -0.39 is 0 Å². The van der Waals surface area contributed by atoms with Gasteiger partial charge in [0, 0.05) is 10.4 Å².